The molecule has 0 rings (SSSR count). The zero-order valence-corrected chi connectivity index (χ0v) is 32.9. The molecule has 1 unspecified atom stereocenters. The van der Waals surface area contributed by atoms with Gasteiger partial charge in [-0.05, 0) is 77.0 Å². The fourth-order valence-corrected chi connectivity index (χ4v) is 6.21. The SMILES string of the molecule is CC/C=C\C/C=C\C/C=C\C/C=C\C/C=C\CCCCCCCC(=O)OC(CCC)CCCCCCCCCCCCCCCCCC(=O)O. The number of esters is 1. The van der Waals surface area contributed by atoms with Crippen LogP contribution in [0.5, 0.6) is 0 Å². The van der Waals surface area contributed by atoms with Crippen LogP contribution in [-0.4, -0.2) is 23.1 Å². The van der Waals surface area contributed by atoms with Crippen LogP contribution in [0.25, 0.3) is 0 Å². The molecular formula is C46H80O4. The van der Waals surface area contributed by atoms with Crippen molar-refractivity contribution in [3.05, 3.63) is 60.8 Å². The summed E-state index contributed by atoms with van der Waals surface area (Å²) in [6.07, 6.45) is 57.4. The van der Waals surface area contributed by atoms with E-state index in [4.69, 9.17) is 9.84 Å². The number of carbonyl (C=O) groups excluding carboxylic acids is 1. The van der Waals surface area contributed by atoms with E-state index in [1.54, 1.807) is 0 Å². The van der Waals surface area contributed by atoms with Crippen molar-refractivity contribution in [2.75, 3.05) is 0 Å². The van der Waals surface area contributed by atoms with Gasteiger partial charge in [0.05, 0.1) is 0 Å². The van der Waals surface area contributed by atoms with E-state index in [-0.39, 0.29) is 12.1 Å². The number of carboxylic acid groups (broad SMARTS) is 1. The van der Waals surface area contributed by atoms with E-state index in [9.17, 15) is 9.59 Å². The maximum atomic E-state index is 12.5. The van der Waals surface area contributed by atoms with E-state index in [0.29, 0.717) is 12.8 Å². The highest BCUT2D eigenvalue weighted by Crippen LogP contribution is 2.17. The fraction of sp³-hybridized carbons (Fsp3) is 0.739. The quantitative estimate of drug-likeness (QED) is 0.0396. The van der Waals surface area contributed by atoms with Crippen molar-refractivity contribution in [3.63, 3.8) is 0 Å². The van der Waals surface area contributed by atoms with Gasteiger partial charge in [-0.3, -0.25) is 9.59 Å². The molecule has 0 saturated heterocycles. The summed E-state index contributed by atoms with van der Waals surface area (Å²) in [4.78, 5) is 23.0. The molecule has 0 bridgehead atoms. The Morgan fingerprint density at radius 3 is 1.28 bits per heavy atom. The van der Waals surface area contributed by atoms with E-state index in [1.165, 1.54) is 103 Å². The predicted molar refractivity (Wildman–Crippen MR) is 218 cm³/mol. The summed E-state index contributed by atoms with van der Waals surface area (Å²) in [5.41, 5.74) is 0. The summed E-state index contributed by atoms with van der Waals surface area (Å²) in [6, 6.07) is 0. The molecule has 0 amide bonds. The Labute approximate surface area is 310 Å². The molecule has 50 heavy (non-hydrogen) atoms. The minimum absolute atomic E-state index is 0.0120. The van der Waals surface area contributed by atoms with Crippen LogP contribution >= 0.6 is 0 Å². The van der Waals surface area contributed by atoms with E-state index in [2.05, 4.69) is 74.6 Å². The number of rotatable bonds is 38. The molecule has 0 aromatic heterocycles. The third kappa shape index (κ3) is 40.1. The van der Waals surface area contributed by atoms with Gasteiger partial charge < -0.3 is 9.84 Å². The Balaban J connectivity index is 3.60. The monoisotopic (exact) mass is 697 g/mol. The number of ether oxygens (including phenoxy) is 1. The van der Waals surface area contributed by atoms with Gasteiger partial charge in [0, 0.05) is 12.8 Å². The second kappa shape index (κ2) is 41.1. The minimum atomic E-state index is -0.666. The summed E-state index contributed by atoms with van der Waals surface area (Å²) >= 11 is 0. The fourth-order valence-electron chi connectivity index (χ4n) is 6.21. The molecule has 1 atom stereocenters. The van der Waals surface area contributed by atoms with E-state index >= 15 is 0 Å². The first-order chi connectivity index (χ1) is 24.6. The third-order valence-electron chi connectivity index (χ3n) is 9.23. The van der Waals surface area contributed by atoms with E-state index in [1.807, 2.05) is 0 Å². The maximum absolute atomic E-state index is 12.5. The lowest BCUT2D eigenvalue weighted by Crippen LogP contribution is -2.18. The van der Waals surface area contributed by atoms with Crippen LogP contribution in [0.3, 0.4) is 0 Å². The molecular weight excluding hydrogens is 617 g/mol. The molecule has 0 aliphatic carbocycles. The van der Waals surface area contributed by atoms with Crippen LogP contribution < -0.4 is 0 Å². The Kier molecular flexibility index (Phi) is 39.1. The average molecular weight is 697 g/mol. The number of allylic oxidation sites excluding steroid dienone is 10. The van der Waals surface area contributed by atoms with Crippen molar-refractivity contribution >= 4 is 11.9 Å². The lowest BCUT2D eigenvalue weighted by Gasteiger charge is -2.17. The molecule has 0 heterocycles. The van der Waals surface area contributed by atoms with Crippen molar-refractivity contribution in [2.24, 2.45) is 0 Å². The summed E-state index contributed by atoms with van der Waals surface area (Å²) < 4.78 is 5.88. The number of carboxylic acids is 1. The Morgan fingerprint density at radius 2 is 0.840 bits per heavy atom. The topological polar surface area (TPSA) is 63.6 Å². The van der Waals surface area contributed by atoms with Crippen LogP contribution in [-0.2, 0) is 14.3 Å². The molecule has 0 spiro atoms. The van der Waals surface area contributed by atoms with Gasteiger partial charge in [-0.2, -0.15) is 0 Å². The zero-order chi connectivity index (χ0) is 36.4. The van der Waals surface area contributed by atoms with Gasteiger partial charge >= 0.3 is 11.9 Å². The zero-order valence-electron chi connectivity index (χ0n) is 32.9. The highest BCUT2D eigenvalue weighted by Gasteiger charge is 2.13. The molecule has 1 N–H and O–H groups in total. The van der Waals surface area contributed by atoms with Crippen LogP contribution in [0, 0.1) is 0 Å². The standard InChI is InChI=1S/C46H80O4/c1-3-5-6-7-8-9-10-11-12-13-14-15-16-17-21-24-27-30-33-36-39-43-46(49)50-44(40-4-2)41-37-34-31-28-25-22-19-18-20-23-26-29-32-35-38-42-45(47)48/h5-6,8-9,11-12,14-15,17,21,44H,3-4,7,10,13,16,18-20,22-43H2,1-2H3,(H,47,48)/b6-5-,9-8-,12-11-,15-14-,21-17-. The Bertz CT molecular complexity index is 881. The molecule has 0 saturated carbocycles. The van der Waals surface area contributed by atoms with Crippen molar-refractivity contribution in [1.82, 2.24) is 0 Å². The average Bonchev–Trinajstić information content (AvgIpc) is 3.10. The van der Waals surface area contributed by atoms with E-state index in [0.717, 1.165) is 83.5 Å². The number of hydrogen-bond donors (Lipinski definition) is 1. The molecule has 4 heteroatoms. The third-order valence-corrected chi connectivity index (χ3v) is 9.23. The molecule has 0 aliphatic rings. The molecule has 0 aromatic carbocycles. The molecule has 0 aromatic rings. The van der Waals surface area contributed by atoms with Crippen molar-refractivity contribution in [3.8, 4) is 0 Å². The highest BCUT2D eigenvalue weighted by atomic mass is 16.5. The Morgan fingerprint density at radius 1 is 0.460 bits per heavy atom. The lowest BCUT2D eigenvalue weighted by atomic mass is 10.0. The number of unbranched alkanes of at least 4 members (excludes halogenated alkanes) is 19. The predicted octanol–water partition coefficient (Wildman–Crippen LogP) is 14.9. The van der Waals surface area contributed by atoms with Gasteiger partial charge in [-0.25, -0.2) is 0 Å². The highest BCUT2D eigenvalue weighted by molar-refractivity contribution is 5.69. The second-order valence-corrected chi connectivity index (χ2v) is 14.2. The molecule has 4 nitrogen and oxygen atoms in total. The summed E-state index contributed by atoms with van der Waals surface area (Å²) in [5, 5.41) is 8.67. The van der Waals surface area contributed by atoms with Gasteiger partial charge in [0.2, 0.25) is 0 Å². The number of hydrogen-bond acceptors (Lipinski definition) is 3. The lowest BCUT2D eigenvalue weighted by molar-refractivity contribution is -0.150. The number of carbonyl (C=O) groups is 2. The van der Waals surface area contributed by atoms with Gasteiger partial charge in [0.15, 0.2) is 0 Å². The molecule has 0 fully saturated rings. The van der Waals surface area contributed by atoms with Crippen LogP contribution in [0.1, 0.15) is 213 Å². The van der Waals surface area contributed by atoms with Crippen LogP contribution in [0.15, 0.2) is 60.8 Å². The van der Waals surface area contributed by atoms with Gasteiger partial charge in [-0.15, -0.1) is 0 Å². The maximum Gasteiger partial charge on any atom is 0.306 e. The van der Waals surface area contributed by atoms with Gasteiger partial charge in [-0.1, -0.05) is 184 Å². The second-order valence-electron chi connectivity index (χ2n) is 14.2. The van der Waals surface area contributed by atoms with Crippen molar-refractivity contribution in [2.45, 2.75) is 219 Å². The van der Waals surface area contributed by atoms with Crippen LogP contribution in [0.4, 0.5) is 0 Å². The minimum Gasteiger partial charge on any atom is -0.481 e. The van der Waals surface area contributed by atoms with Crippen molar-refractivity contribution in [1.29, 1.82) is 0 Å². The first-order valence-corrected chi connectivity index (χ1v) is 21.3. The largest absolute Gasteiger partial charge is 0.481 e. The summed E-state index contributed by atoms with van der Waals surface area (Å²) in [6.45, 7) is 4.35. The summed E-state index contributed by atoms with van der Waals surface area (Å²) in [5.74, 6) is -0.654. The van der Waals surface area contributed by atoms with Crippen LogP contribution in [0.2, 0.25) is 0 Å². The van der Waals surface area contributed by atoms with Gasteiger partial charge in [0.25, 0.3) is 0 Å². The first-order valence-electron chi connectivity index (χ1n) is 21.3. The number of aliphatic carboxylic acids is 1. The first kappa shape index (κ1) is 47.6. The molecule has 0 aliphatic heterocycles. The smallest absolute Gasteiger partial charge is 0.306 e. The van der Waals surface area contributed by atoms with Crippen molar-refractivity contribution < 1.29 is 19.4 Å². The molecule has 288 valence electrons. The van der Waals surface area contributed by atoms with E-state index < -0.39 is 5.97 Å². The van der Waals surface area contributed by atoms with Gasteiger partial charge in [0.1, 0.15) is 6.10 Å². The molecule has 0 radical (unpaired) electrons. The summed E-state index contributed by atoms with van der Waals surface area (Å²) in [7, 11) is 0. The Hall–Kier alpha value is -2.36. The normalized spacial score (nSPS) is 12.8.